The van der Waals surface area contributed by atoms with Crippen molar-refractivity contribution in [2.24, 2.45) is 0 Å². The fourth-order valence-corrected chi connectivity index (χ4v) is 1.87. The molecule has 92 valence electrons. The van der Waals surface area contributed by atoms with E-state index in [0.717, 1.165) is 18.5 Å². The van der Waals surface area contributed by atoms with Crippen LogP contribution in [0.5, 0.6) is 0 Å². The van der Waals surface area contributed by atoms with Crippen LogP contribution in [0.15, 0.2) is 54.7 Å². The van der Waals surface area contributed by atoms with Gasteiger partial charge in [-0.2, -0.15) is 0 Å². The van der Waals surface area contributed by atoms with Crippen molar-refractivity contribution in [3.63, 3.8) is 0 Å². The largest absolute Gasteiger partial charge is 0.300 e. The van der Waals surface area contributed by atoms with Gasteiger partial charge in [0, 0.05) is 24.7 Å². The second-order valence-corrected chi connectivity index (χ2v) is 4.35. The van der Waals surface area contributed by atoms with Crippen LogP contribution >= 0.6 is 0 Å². The van der Waals surface area contributed by atoms with Gasteiger partial charge in [-0.25, -0.2) is 0 Å². The molecule has 0 N–H and O–H groups in total. The summed E-state index contributed by atoms with van der Waals surface area (Å²) in [5.74, 6) is 0.310. The summed E-state index contributed by atoms with van der Waals surface area (Å²) in [5, 5.41) is 0. The van der Waals surface area contributed by atoms with Gasteiger partial charge in [-0.15, -0.1) is 0 Å². The van der Waals surface area contributed by atoms with E-state index in [1.165, 1.54) is 5.56 Å². The van der Waals surface area contributed by atoms with E-state index in [1.807, 2.05) is 36.4 Å². The van der Waals surface area contributed by atoms with E-state index in [2.05, 4.69) is 17.1 Å². The molecule has 1 aromatic heterocycles. The zero-order valence-electron chi connectivity index (χ0n) is 10.4. The molecule has 18 heavy (non-hydrogen) atoms. The van der Waals surface area contributed by atoms with Gasteiger partial charge in [0.25, 0.3) is 0 Å². The van der Waals surface area contributed by atoms with Crippen LogP contribution in [0.1, 0.15) is 24.1 Å². The van der Waals surface area contributed by atoms with Gasteiger partial charge < -0.3 is 0 Å². The highest BCUT2D eigenvalue weighted by Gasteiger charge is 2.03. The number of rotatable bonds is 6. The van der Waals surface area contributed by atoms with Crippen molar-refractivity contribution in [2.45, 2.75) is 25.7 Å². The Bertz CT molecular complexity index is 433. The Morgan fingerprint density at radius 1 is 0.889 bits per heavy atom. The smallest absolute Gasteiger partial charge is 0.133 e. The predicted molar refractivity (Wildman–Crippen MR) is 72.3 cm³/mol. The number of pyridine rings is 1. The van der Waals surface area contributed by atoms with Crippen LogP contribution in [0.3, 0.4) is 0 Å². The predicted octanol–water partition coefficient (Wildman–Crippen LogP) is 3.22. The van der Waals surface area contributed by atoms with Crippen LogP contribution in [0.2, 0.25) is 0 Å². The molecule has 0 atom stereocenters. The number of carbonyl (C=O) groups is 1. The summed E-state index contributed by atoms with van der Waals surface area (Å²) in [7, 11) is 0. The van der Waals surface area contributed by atoms with Crippen molar-refractivity contribution < 1.29 is 4.79 Å². The van der Waals surface area contributed by atoms with Gasteiger partial charge in [-0.05, 0) is 30.5 Å². The lowest BCUT2D eigenvalue weighted by molar-refractivity contribution is -0.119. The minimum absolute atomic E-state index is 0.310. The summed E-state index contributed by atoms with van der Waals surface area (Å²) in [4.78, 5) is 16.0. The van der Waals surface area contributed by atoms with Crippen LogP contribution in [0.4, 0.5) is 0 Å². The van der Waals surface area contributed by atoms with Crippen LogP contribution in [-0.4, -0.2) is 10.8 Å². The SMILES string of the molecule is O=C(CCc1ccccc1)CCc1ccccn1. The minimum atomic E-state index is 0.310. The lowest BCUT2D eigenvalue weighted by Crippen LogP contribution is -2.02. The maximum absolute atomic E-state index is 11.8. The van der Waals surface area contributed by atoms with Gasteiger partial charge >= 0.3 is 0 Å². The van der Waals surface area contributed by atoms with Gasteiger partial charge in [0.1, 0.15) is 5.78 Å². The molecular weight excluding hydrogens is 222 g/mol. The minimum Gasteiger partial charge on any atom is -0.300 e. The average Bonchev–Trinajstić information content (AvgIpc) is 2.45. The molecule has 2 nitrogen and oxygen atoms in total. The van der Waals surface area contributed by atoms with Crippen molar-refractivity contribution >= 4 is 5.78 Å². The van der Waals surface area contributed by atoms with E-state index in [4.69, 9.17) is 0 Å². The summed E-state index contributed by atoms with van der Waals surface area (Å²) in [6.07, 6.45) is 4.56. The van der Waals surface area contributed by atoms with Crippen molar-refractivity contribution in [2.75, 3.05) is 0 Å². The number of hydrogen-bond donors (Lipinski definition) is 0. The standard InChI is InChI=1S/C16H17NO/c18-16(11-9-14-6-2-1-3-7-14)12-10-15-8-4-5-13-17-15/h1-8,13H,9-12H2. The van der Waals surface area contributed by atoms with Gasteiger partial charge in [0.2, 0.25) is 0 Å². The first-order valence-electron chi connectivity index (χ1n) is 6.30. The Kier molecular flexibility index (Phi) is 4.65. The van der Waals surface area contributed by atoms with Gasteiger partial charge in [-0.3, -0.25) is 9.78 Å². The van der Waals surface area contributed by atoms with E-state index in [1.54, 1.807) is 6.20 Å². The first-order chi connectivity index (χ1) is 8.84. The first kappa shape index (κ1) is 12.5. The van der Waals surface area contributed by atoms with Gasteiger partial charge in [0.05, 0.1) is 0 Å². The summed E-state index contributed by atoms with van der Waals surface area (Å²) in [5.41, 5.74) is 2.22. The summed E-state index contributed by atoms with van der Waals surface area (Å²) in [6.45, 7) is 0. The molecule has 1 heterocycles. The Morgan fingerprint density at radius 2 is 1.61 bits per heavy atom. The maximum Gasteiger partial charge on any atom is 0.133 e. The molecule has 2 rings (SSSR count). The Morgan fingerprint density at radius 3 is 2.33 bits per heavy atom. The first-order valence-corrected chi connectivity index (χ1v) is 6.30. The fourth-order valence-electron chi connectivity index (χ4n) is 1.87. The van der Waals surface area contributed by atoms with E-state index in [-0.39, 0.29) is 0 Å². The van der Waals surface area contributed by atoms with Crippen LogP contribution in [-0.2, 0) is 17.6 Å². The zero-order chi connectivity index (χ0) is 12.6. The zero-order valence-corrected chi connectivity index (χ0v) is 10.4. The van der Waals surface area contributed by atoms with Crippen molar-refractivity contribution in [1.29, 1.82) is 0 Å². The number of aromatic nitrogens is 1. The van der Waals surface area contributed by atoms with E-state index in [0.29, 0.717) is 18.6 Å². The highest BCUT2D eigenvalue weighted by molar-refractivity contribution is 5.78. The number of ketones is 1. The molecule has 0 aliphatic heterocycles. The van der Waals surface area contributed by atoms with Gasteiger partial charge in [-0.1, -0.05) is 36.4 Å². The van der Waals surface area contributed by atoms with Crippen molar-refractivity contribution in [3.05, 3.63) is 66.0 Å². The third kappa shape index (κ3) is 4.13. The fraction of sp³-hybridized carbons (Fsp3) is 0.250. The third-order valence-electron chi connectivity index (χ3n) is 2.92. The molecule has 0 radical (unpaired) electrons. The van der Waals surface area contributed by atoms with E-state index in [9.17, 15) is 4.79 Å². The second kappa shape index (κ2) is 6.70. The molecule has 0 fully saturated rings. The molecule has 0 unspecified atom stereocenters. The molecule has 0 aliphatic rings. The maximum atomic E-state index is 11.8. The Hall–Kier alpha value is -1.96. The van der Waals surface area contributed by atoms with Crippen LogP contribution in [0, 0.1) is 0 Å². The van der Waals surface area contributed by atoms with Crippen LogP contribution < -0.4 is 0 Å². The molecule has 0 amide bonds. The van der Waals surface area contributed by atoms with Crippen molar-refractivity contribution in [3.8, 4) is 0 Å². The lowest BCUT2D eigenvalue weighted by atomic mass is 10.0. The second-order valence-electron chi connectivity index (χ2n) is 4.35. The summed E-state index contributed by atoms with van der Waals surface area (Å²) >= 11 is 0. The van der Waals surface area contributed by atoms with E-state index >= 15 is 0 Å². The highest BCUT2D eigenvalue weighted by atomic mass is 16.1. The molecule has 0 saturated heterocycles. The molecule has 0 saturated carbocycles. The van der Waals surface area contributed by atoms with E-state index < -0.39 is 0 Å². The Labute approximate surface area is 108 Å². The quantitative estimate of drug-likeness (QED) is 0.774. The number of carbonyl (C=O) groups excluding carboxylic acids is 1. The number of hydrogen-bond acceptors (Lipinski definition) is 2. The number of benzene rings is 1. The molecule has 0 bridgehead atoms. The molecule has 1 aromatic carbocycles. The monoisotopic (exact) mass is 239 g/mol. The topological polar surface area (TPSA) is 30.0 Å². The summed E-state index contributed by atoms with van der Waals surface area (Å²) < 4.78 is 0. The molecule has 2 aromatic rings. The summed E-state index contributed by atoms with van der Waals surface area (Å²) in [6, 6.07) is 15.9. The molecule has 0 spiro atoms. The van der Waals surface area contributed by atoms with Gasteiger partial charge in [0.15, 0.2) is 0 Å². The van der Waals surface area contributed by atoms with Crippen LogP contribution in [0.25, 0.3) is 0 Å². The molecule has 2 heteroatoms. The lowest BCUT2D eigenvalue weighted by Gasteiger charge is -2.01. The average molecular weight is 239 g/mol. The molecule has 0 aliphatic carbocycles. The Balaban J connectivity index is 1.73. The normalized spacial score (nSPS) is 10.2. The van der Waals surface area contributed by atoms with Crippen molar-refractivity contribution in [1.82, 2.24) is 4.98 Å². The third-order valence-corrected chi connectivity index (χ3v) is 2.92. The highest BCUT2D eigenvalue weighted by Crippen LogP contribution is 2.06. The number of aryl methyl sites for hydroxylation is 2. The number of nitrogens with zero attached hydrogens (tertiary/aromatic N) is 1. The number of Topliss-reactive ketones (excluding diaryl/α,β-unsaturated/α-hetero) is 1. The molecular formula is C16H17NO.